The highest BCUT2D eigenvalue weighted by atomic mass is 15.2. The molecule has 1 saturated carbocycles. The zero-order valence-electron chi connectivity index (χ0n) is 13.3. The number of hydrogen-bond donors (Lipinski definition) is 3. The van der Waals surface area contributed by atoms with Gasteiger partial charge in [-0.2, -0.15) is 5.10 Å². The molecule has 1 aliphatic rings. The Bertz CT molecular complexity index is 627. The first-order valence-electron chi connectivity index (χ1n) is 7.97. The van der Waals surface area contributed by atoms with Crippen LogP contribution in [0.25, 0.3) is 0 Å². The van der Waals surface area contributed by atoms with Gasteiger partial charge in [-0.25, -0.2) is 9.97 Å². The Morgan fingerprint density at radius 3 is 2.59 bits per heavy atom. The third kappa shape index (κ3) is 3.82. The second kappa shape index (κ2) is 6.44. The summed E-state index contributed by atoms with van der Waals surface area (Å²) < 4.78 is 0. The van der Waals surface area contributed by atoms with E-state index in [0.29, 0.717) is 12.0 Å². The lowest BCUT2D eigenvalue weighted by Gasteiger charge is -2.25. The molecule has 3 rings (SSSR count). The van der Waals surface area contributed by atoms with Gasteiger partial charge >= 0.3 is 0 Å². The molecule has 1 fully saturated rings. The molecule has 0 unspecified atom stereocenters. The van der Waals surface area contributed by atoms with Gasteiger partial charge in [-0.1, -0.05) is 0 Å². The highest BCUT2D eigenvalue weighted by Gasteiger charge is 2.19. The summed E-state index contributed by atoms with van der Waals surface area (Å²) in [6.45, 7) is 3.91. The summed E-state index contributed by atoms with van der Waals surface area (Å²) in [4.78, 5) is 9.03. The number of H-pyrrole nitrogens is 1. The summed E-state index contributed by atoms with van der Waals surface area (Å²) in [6.07, 6.45) is 5.67. The second-order valence-electron chi connectivity index (χ2n) is 6.34. The molecule has 0 spiro atoms. The zero-order chi connectivity index (χ0) is 15.5. The number of anilines is 2. The predicted molar refractivity (Wildman–Crippen MR) is 87.0 cm³/mol. The van der Waals surface area contributed by atoms with Crippen LogP contribution in [0, 0.1) is 19.8 Å². The van der Waals surface area contributed by atoms with Gasteiger partial charge in [0.1, 0.15) is 11.6 Å². The maximum atomic E-state index is 5.98. The standard InChI is InChI=1S/C16H24N6/c1-10-7-16(22-21-10)20-15-9-14(18-11(2)19-15)8-12-3-5-13(17)6-4-12/h7,9,12-13H,3-6,8,17H2,1-2H3,(H2,18,19,20,21,22). The first-order valence-corrected chi connectivity index (χ1v) is 7.97. The van der Waals surface area contributed by atoms with E-state index in [9.17, 15) is 0 Å². The molecule has 6 heteroatoms. The molecule has 0 amide bonds. The van der Waals surface area contributed by atoms with Gasteiger partial charge in [0.25, 0.3) is 0 Å². The monoisotopic (exact) mass is 300 g/mol. The van der Waals surface area contributed by atoms with Gasteiger partial charge in [-0.05, 0) is 51.9 Å². The van der Waals surface area contributed by atoms with Crippen LogP contribution in [0.5, 0.6) is 0 Å². The fourth-order valence-electron chi connectivity index (χ4n) is 3.10. The predicted octanol–water partition coefficient (Wildman–Crippen LogP) is 2.62. The van der Waals surface area contributed by atoms with Crippen molar-refractivity contribution in [2.45, 2.75) is 52.0 Å². The maximum absolute atomic E-state index is 5.98. The van der Waals surface area contributed by atoms with Crippen molar-refractivity contribution in [1.82, 2.24) is 20.2 Å². The summed E-state index contributed by atoms with van der Waals surface area (Å²) in [5, 5.41) is 10.3. The minimum Gasteiger partial charge on any atom is -0.328 e. The van der Waals surface area contributed by atoms with Crippen LogP contribution in [-0.2, 0) is 6.42 Å². The SMILES string of the molecule is Cc1nc(CC2CCC(N)CC2)cc(Nc2cc(C)[nH]n2)n1. The van der Waals surface area contributed by atoms with Gasteiger partial charge in [0, 0.05) is 29.6 Å². The lowest BCUT2D eigenvalue weighted by Crippen LogP contribution is -2.27. The summed E-state index contributed by atoms with van der Waals surface area (Å²) in [5.74, 6) is 3.07. The number of rotatable bonds is 4. The number of aryl methyl sites for hydroxylation is 2. The van der Waals surface area contributed by atoms with Crippen LogP contribution in [0.4, 0.5) is 11.6 Å². The van der Waals surface area contributed by atoms with E-state index in [1.165, 1.54) is 12.8 Å². The maximum Gasteiger partial charge on any atom is 0.153 e. The first-order chi connectivity index (χ1) is 10.6. The molecular weight excluding hydrogens is 276 g/mol. The number of nitrogens with one attached hydrogen (secondary N) is 2. The highest BCUT2D eigenvalue weighted by Crippen LogP contribution is 2.26. The van der Waals surface area contributed by atoms with Crippen molar-refractivity contribution < 1.29 is 0 Å². The molecule has 2 aromatic heterocycles. The van der Waals surface area contributed by atoms with E-state index in [1.807, 2.05) is 26.0 Å². The highest BCUT2D eigenvalue weighted by molar-refractivity contribution is 5.52. The van der Waals surface area contributed by atoms with Crippen molar-refractivity contribution in [2.75, 3.05) is 5.32 Å². The third-order valence-corrected chi connectivity index (χ3v) is 4.24. The Kier molecular flexibility index (Phi) is 4.38. The topological polar surface area (TPSA) is 92.5 Å². The summed E-state index contributed by atoms with van der Waals surface area (Å²) in [6, 6.07) is 4.38. The molecule has 0 radical (unpaired) electrons. The van der Waals surface area contributed by atoms with Crippen molar-refractivity contribution in [3.05, 3.63) is 29.3 Å². The summed E-state index contributed by atoms with van der Waals surface area (Å²) in [7, 11) is 0. The normalized spacial score (nSPS) is 21.8. The number of nitrogens with two attached hydrogens (primary N) is 1. The van der Waals surface area contributed by atoms with Crippen LogP contribution in [-0.4, -0.2) is 26.2 Å². The van der Waals surface area contributed by atoms with Gasteiger partial charge in [-0.3, -0.25) is 5.10 Å². The molecular formula is C16H24N6. The molecule has 0 aliphatic heterocycles. The quantitative estimate of drug-likeness (QED) is 0.807. The van der Waals surface area contributed by atoms with Crippen LogP contribution in [0.2, 0.25) is 0 Å². The van der Waals surface area contributed by atoms with E-state index in [-0.39, 0.29) is 0 Å². The fraction of sp³-hybridized carbons (Fsp3) is 0.562. The number of aromatic nitrogens is 4. The Morgan fingerprint density at radius 1 is 1.14 bits per heavy atom. The zero-order valence-corrected chi connectivity index (χ0v) is 13.3. The lowest BCUT2D eigenvalue weighted by molar-refractivity contribution is 0.323. The smallest absolute Gasteiger partial charge is 0.153 e. The Morgan fingerprint density at radius 2 is 1.91 bits per heavy atom. The van der Waals surface area contributed by atoms with Crippen molar-refractivity contribution in [1.29, 1.82) is 0 Å². The number of aromatic amines is 1. The number of nitrogens with zero attached hydrogens (tertiary/aromatic N) is 3. The van der Waals surface area contributed by atoms with Crippen molar-refractivity contribution in [3.63, 3.8) is 0 Å². The molecule has 2 heterocycles. The third-order valence-electron chi connectivity index (χ3n) is 4.24. The van der Waals surface area contributed by atoms with Crippen LogP contribution in [0.3, 0.4) is 0 Å². The molecule has 118 valence electrons. The molecule has 0 atom stereocenters. The average Bonchev–Trinajstić information content (AvgIpc) is 2.86. The van der Waals surface area contributed by atoms with Crippen LogP contribution in [0.1, 0.15) is 42.9 Å². The minimum absolute atomic E-state index is 0.392. The molecule has 2 aromatic rings. The number of hydrogen-bond acceptors (Lipinski definition) is 5. The summed E-state index contributed by atoms with van der Waals surface area (Å²) in [5.41, 5.74) is 8.10. The van der Waals surface area contributed by atoms with Crippen molar-refractivity contribution >= 4 is 11.6 Å². The molecule has 0 saturated heterocycles. The molecule has 6 nitrogen and oxygen atoms in total. The summed E-state index contributed by atoms with van der Waals surface area (Å²) >= 11 is 0. The van der Waals surface area contributed by atoms with Gasteiger partial charge in [0.2, 0.25) is 0 Å². The van der Waals surface area contributed by atoms with E-state index < -0.39 is 0 Å². The lowest BCUT2D eigenvalue weighted by atomic mass is 9.84. The molecule has 0 bridgehead atoms. The van der Waals surface area contributed by atoms with Crippen LogP contribution >= 0.6 is 0 Å². The van der Waals surface area contributed by atoms with Crippen molar-refractivity contribution in [2.24, 2.45) is 11.7 Å². The van der Waals surface area contributed by atoms with Crippen LogP contribution in [0.15, 0.2) is 12.1 Å². The molecule has 1 aliphatic carbocycles. The second-order valence-corrected chi connectivity index (χ2v) is 6.34. The van der Waals surface area contributed by atoms with E-state index in [1.54, 1.807) is 0 Å². The van der Waals surface area contributed by atoms with Crippen LogP contribution < -0.4 is 11.1 Å². The van der Waals surface area contributed by atoms with Gasteiger partial charge in [0.05, 0.1) is 0 Å². The van der Waals surface area contributed by atoms with E-state index in [0.717, 1.165) is 48.1 Å². The Labute approximate surface area is 130 Å². The molecule has 0 aromatic carbocycles. The molecule has 4 N–H and O–H groups in total. The van der Waals surface area contributed by atoms with Gasteiger partial charge in [-0.15, -0.1) is 0 Å². The Balaban J connectivity index is 1.69. The van der Waals surface area contributed by atoms with Gasteiger partial charge < -0.3 is 11.1 Å². The minimum atomic E-state index is 0.392. The van der Waals surface area contributed by atoms with E-state index in [4.69, 9.17) is 5.73 Å². The molecule has 22 heavy (non-hydrogen) atoms. The largest absolute Gasteiger partial charge is 0.328 e. The fourth-order valence-corrected chi connectivity index (χ4v) is 3.10. The van der Waals surface area contributed by atoms with E-state index >= 15 is 0 Å². The average molecular weight is 300 g/mol. The first kappa shape index (κ1) is 15.0. The van der Waals surface area contributed by atoms with E-state index in [2.05, 4.69) is 25.5 Å². The van der Waals surface area contributed by atoms with Gasteiger partial charge in [0.15, 0.2) is 5.82 Å². The van der Waals surface area contributed by atoms with Crippen molar-refractivity contribution in [3.8, 4) is 0 Å². The Hall–Kier alpha value is -1.95.